The second-order valence-electron chi connectivity index (χ2n) is 4.58. The van der Waals surface area contributed by atoms with Gasteiger partial charge in [-0.3, -0.25) is 0 Å². The van der Waals surface area contributed by atoms with Crippen molar-refractivity contribution in [1.82, 2.24) is 4.90 Å². The molecule has 0 amide bonds. The first kappa shape index (κ1) is 15.0. The van der Waals surface area contributed by atoms with E-state index in [-0.39, 0.29) is 0 Å². The zero-order valence-electron chi connectivity index (χ0n) is 11.6. The number of rotatable bonds is 4. The zero-order valence-corrected chi connectivity index (χ0v) is 11.6. The number of hydrogen-bond donors (Lipinski definition) is 0. The molecule has 0 aromatic rings. The van der Waals surface area contributed by atoms with Crippen LogP contribution in [0.15, 0.2) is 0 Å². The van der Waals surface area contributed by atoms with Crippen molar-refractivity contribution in [2.45, 2.75) is 72.8 Å². The van der Waals surface area contributed by atoms with Crippen molar-refractivity contribution in [2.75, 3.05) is 13.1 Å². The van der Waals surface area contributed by atoms with Gasteiger partial charge in [0.05, 0.1) is 0 Å². The van der Waals surface area contributed by atoms with Crippen molar-refractivity contribution in [2.24, 2.45) is 5.92 Å². The summed E-state index contributed by atoms with van der Waals surface area (Å²) >= 11 is 0. The molecule has 0 aromatic carbocycles. The van der Waals surface area contributed by atoms with Crippen molar-refractivity contribution in [3.63, 3.8) is 0 Å². The Kier molecular flexibility index (Phi) is 9.18. The number of unbranched alkanes of at least 4 members (excludes halogenated alkanes) is 1. The third-order valence-electron chi connectivity index (χ3n) is 3.37. The Morgan fingerprint density at radius 1 is 1.20 bits per heavy atom. The van der Waals surface area contributed by atoms with E-state index in [9.17, 15) is 0 Å². The molecule has 0 bridgehead atoms. The van der Waals surface area contributed by atoms with E-state index in [4.69, 9.17) is 0 Å². The van der Waals surface area contributed by atoms with E-state index in [0.29, 0.717) is 0 Å². The van der Waals surface area contributed by atoms with Crippen LogP contribution < -0.4 is 0 Å². The molecule has 0 aliphatic carbocycles. The lowest BCUT2D eigenvalue weighted by atomic mass is 9.91. The molecule has 92 valence electrons. The van der Waals surface area contributed by atoms with Crippen molar-refractivity contribution < 1.29 is 0 Å². The third kappa shape index (κ3) is 5.55. The molecule has 1 aliphatic rings. The number of piperidine rings is 1. The van der Waals surface area contributed by atoms with Crippen molar-refractivity contribution in [1.29, 1.82) is 0 Å². The summed E-state index contributed by atoms with van der Waals surface area (Å²) in [6.07, 6.45) is 6.90. The number of nitrogens with zero attached hydrogens (tertiary/aromatic N) is 1. The lowest BCUT2D eigenvalue weighted by Gasteiger charge is -2.38. The van der Waals surface area contributed by atoms with E-state index in [1.165, 1.54) is 45.2 Å². The average Bonchev–Trinajstić information content (AvgIpc) is 2.30. The minimum absolute atomic E-state index is 0.885. The second-order valence-corrected chi connectivity index (χ2v) is 4.58. The van der Waals surface area contributed by atoms with Crippen LogP contribution >= 0.6 is 0 Å². The highest BCUT2D eigenvalue weighted by molar-refractivity contribution is 4.78. The van der Waals surface area contributed by atoms with Gasteiger partial charge in [-0.2, -0.15) is 0 Å². The van der Waals surface area contributed by atoms with E-state index in [1.807, 2.05) is 13.8 Å². The van der Waals surface area contributed by atoms with Gasteiger partial charge in [0.2, 0.25) is 0 Å². The first-order chi connectivity index (χ1) is 7.27. The summed E-state index contributed by atoms with van der Waals surface area (Å²) in [6, 6.07) is 0.885. The molecule has 15 heavy (non-hydrogen) atoms. The summed E-state index contributed by atoms with van der Waals surface area (Å²) in [4.78, 5) is 2.71. The third-order valence-corrected chi connectivity index (χ3v) is 3.37. The van der Waals surface area contributed by atoms with Gasteiger partial charge in [0.1, 0.15) is 0 Å². The van der Waals surface area contributed by atoms with E-state index in [0.717, 1.165) is 12.0 Å². The maximum Gasteiger partial charge on any atom is 0.00951 e. The summed E-state index contributed by atoms with van der Waals surface area (Å²) in [6.45, 7) is 13.7. The molecule has 1 aliphatic heterocycles. The Morgan fingerprint density at radius 2 is 1.87 bits per heavy atom. The monoisotopic (exact) mass is 213 g/mol. The SMILES string of the molecule is CC.CCCCN1CCC(C)CC1CC. The van der Waals surface area contributed by atoms with Gasteiger partial charge in [0.15, 0.2) is 0 Å². The molecule has 1 heterocycles. The standard InChI is InChI=1S/C12H25N.C2H6/c1-4-6-8-13-9-7-11(3)10-12(13)5-2;1-2/h11-12H,4-10H2,1-3H3;1-2H3. The van der Waals surface area contributed by atoms with Gasteiger partial charge in [-0.05, 0) is 44.7 Å². The Hall–Kier alpha value is -0.0400. The van der Waals surface area contributed by atoms with Crippen LogP contribution in [-0.2, 0) is 0 Å². The summed E-state index contributed by atoms with van der Waals surface area (Å²) in [5.74, 6) is 0.961. The molecular formula is C14H31N. The van der Waals surface area contributed by atoms with Gasteiger partial charge in [0, 0.05) is 6.04 Å². The summed E-state index contributed by atoms with van der Waals surface area (Å²) < 4.78 is 0. The highest BCUT2D eigenvalue weighted by Crippen LogP contribution is 2.24. The molecule has 0 radical (unpaired) electrons. The van der Waals surface area contributed by atoms with E-state index in [2.05, 4.69) is 25.7 Å². The molecule has 1 fully saturated rings. The highest BCUT2D eigenvalue weighted by Gasteiger charge is 2.23. The predicted molar refractivity (Wildman–Crippen MR) is 70.3 cm³/mol. The fraction of sp³-hybridized carbons (Fsp3) is 1.00. The number of hydrogen-bond acceptors (Lipinski definition) is 1. The van der Waals surface area contributed by atoms with Gasteiger partial charge < -0.3 is 4.90 Å². The minimum Gasteiger partial charge on any atom is -0.300 e. The van der Waals surface area contributed by atoms with Crippen LogP contribution in [0.3, 0.4) is 0 Å². The Labute approximate surface area is 97.2 Å². The maximum atomic E-state index is 2.71. The lowest BCUT2D eigenvalue weighted by molar-refractivity contribution is 0.113. The van der Waals surface area contributed by atoms with Crippen LogP contribution in [0, 0.1) is 5.92 Å². The topological polar surface area (TPSA) is 3.24 Å². The van der Waals surface area contributed by atoms with Crippen molar-refractivity contribution in [3.8, 4) is 0 Å². The van der Waals surface area contributed by atoms with Gasteiger partial charge >= 0.3 is 0 Å². The molecule has 2 atom stereocenters. The predicted octanol–water partition coefficient (Wildman–Crippen LogP) is 4.32. The summed E-state index contributed by atoms with van der Waals surface area (Å²) in [5, 5.41) is 0. The largest absolute Gasteiger partial charge is 0.300 e. The first-order valence-electron chi connectivity index (χ1n) is 7.02. The van der Waals surface area contributed by atoms with E-state index in [1.54, 1.807) is 0 Å². The quantitative estimate of drug-likeness (QED) is 0.672. The van der Waals surface area contributed by atoms with Crippen LogP contribution in [0.2, 0.25) is 0 Å². The second kappa shape index (κ2) is 9.21. The molecule has 1 heteroatoms. The van der Waals surface area contributed by atoms with E-state index < -0.39 is 0 Å². The van der Waals surface area contributed by atoms with Crippen molar-refractivity contribution in [3.05, 3.63) is 0 Å². The Balaban J connectivity index is 0.000000921. The van der Waals surface area contributed by atoms with Gasteiger partial charge in [-0.1, -0.05) is 41.0 Å². The lowest BCUT2D eigenvalue weighted by Crippen LogP contribution is -2.42. The van der Waals surface area contributed by atoms with Gasteiger partial charge in [0.25, 0.3) is 0 Å². The van der Waals surface area contributed by atoms with Crippen LogP contribution in [0.1, 0.15) is 66.7 Å². The highest BCUT2D eigenvalue weighted by atomic mass is 15.2. The average molecular weight is 213 g/mol. The van der Waals surface area contributed by atoms with E-state index >= 15 is 0 Å². The first-order valence-corrected chi connectivity index (χ1v) is 7.02. The number of likely N-dealkylation sites (tertiary alicyclic amines) is 1. The molecule has 2 unspecified atom stereocenters. The molecule has 0 aromatic heterocycles. The fourth-order valence-electron chi connectivity index (χ4n) is 2.38. The molecule has 0 N–H and O–H groups in total. The summed E-state index contributed by atoms with van der Waals surface area (Å²) in [5.41, 5.74) is 0. The Morgan fingerprint density at radius 3 is 2.40 bits per heavy atom. The maximum absolute atomic E-state index is 2.71. The normalized spacial score (nSPS) is 27.0. The smallest absolute Gasteiger partial charge is 0.00951 e. The Bertz CT molecular complexity index is 131. The van der Waals surface area contributed by atoms with Crippen LogP contribution in [-0.4, -0.2) is 24.0 Å². The summed E-state index contributed by atoms with van der Waals surface area (Å²) in [7, 11) is 0. The molecule has 1 saturated heterocycles. The molecule has 0 spiro atoms. The fourth-order valence-corrected chi connectivity index (χ4v) is 2.38. The molecule has 1 nitrogen and oxygen atoms in total. The van der Waals surface area contributed by atoms with Gasteiger partial charge in [-0.25, -0.2) is 0 Å². The molecule has 1 rings (SSSR count). The van der Waals surface area contributed by atoms with Crippen LogP contribution in [0.5, 0.6) is 0 Å². The zero-order chi connectivity index (χ0) is 11.7. The van der Waals surface area contributed by atoms with Gasteiger partial charge in [-0.15, -0.1) is 0 Å². The van der Waals surface area contributed by atoms with Crippen LogP contribution in [0.4, 0.5) is 0 Å². The minimum atomic E-state index is 0.885. The molecular weight excluding hydrogens is 182 g/mol. The molecule has 0 saturated carbocycles. The van der Waals surface area contributed by atoms with Crippen molar-refractivity contribution >= 4 is 0 Å². The van der Waals surface area contributed by atoms with Crippen LogP contribution in [0.25, 0.3) is 0 Å².